The first-order valence-electron chi connectivity index (χ1n) is 7.24. The normalized spacial score (nSPS) is 10.3. The van der Waals surface area contributed by atoms with Crippen molar-refractivity contribution >= 4 is 0 Å². The molecule has 114 valence electrons. The Morgan fingerprint density at radius 1 is 1.22 bits per heavy atom. The molecule has 0 aliphatic heterocycles. The van der Waals surface area contributed by atoms with Crippen LogP contribution in [0.5, 0.6) is 5.75 Å². The lowest BCUT2D eigenvalue weighted by Crippen LogP contribution is -2.05. The van der Waals surface area contributed by atoms with Crippen LogP contribution in [0, 0.1) is 18.3 Å². The predicted molar refractivity (Wildman–Crippen MR) is 87.0 cm³/mol. The molecule has 23 heavy (non-hydrogen) atoms. The minimum absolute atomic E-state index is 0.544. The van der Waals surface area contributed by atoms with E-state index in [2.05, 4.69) is 22.4 Å². The summed E-state index contributed by atoms with van der Waals surface area (Å²) in [6, 6.07) is 15.7. The summed E-state index contributed by atoms with van der Waals surface area (Å²) >= 11 is 0. The van der Waals surface area contributed by atoms with E-state index in [1.807, 2.05) is 41.9 Å². The minimum atomic E-state index is 0.544. The van der Waals surface area contributed by atoms with E-state index in [0.717, 1.165) is 28.1 Å². The molecule has 0 aliphatic rings. The number of hydrogen-bond donors (Lipinski definition) is 0. The van der Waals surface area contributed by atoms with Crippen molar-refractivity contribution < 1.29 is 4.74 Å². The first-order valence-corrected chi connectivity index (χ1v) is 7.24. The Morgan fingerprint density at radius 3 is 2.87 bits per heavy atom. The highest BCUT2D eigenvalue weighted by molar-refractivity contribution is 5.67. The lowest BCUT2D eigenvalue weighted by molar-refractivity contribution is 0.416. The van der Waals surface area contributed by atoms with Gasteiger partial charge in [0.05, 0.1) is 37.2 Å². The van der Waals surface area contributed by atoms with Crippen LogP contribution in [0.25, 0.3) is 11.3 Å². The number of ether oxygens (including phenoxy) is 1. The lowest BCUT2D eigenvalue weighted by atomic mass is 10.1. The molecule has 0 radical (unpaired) electrons. The third-order valence-corrected chi connectivity index (χ3v) is 3.64. The molecule has 0 fully saturated rings. The van der Waals surface area contributed by atoms with Crippen molar-refractivity contribution in [3.63, 3.8) is 0 Å². The van der Waals surface area contributed by atoms with Crippen molar-refractivity contribution in [3.05, 3.63) is 65.4 Å². The largest absolute Gasteiger partial charge is 0.496 e. The number of nitrogens with zero attached hydrogens (tertiary/aromatic N) is 4. The smallest absolute Gasteiger partial charge is 0.128 e. The highest BCUT2D eigenvalue weighted by Crippen LogP contribution is 2.30. The molecule has 1 aromatic heterocycles. The third kappa shape index (κ3) is 3.06. The third-order valence-electron chi connectivity index (χ3n) is 3.64. The zero-order valence-corrected chi connectivity index (χ0v) is 13.0. The lowest BCUT2D eigenvalue weighted by Gasteiger charge is -2.11. The van der Waals surface area contributed by atoms with Gasteiger partial charge in [0.1, 0.15) is 5.75 Å². The van der Waals surface area contributed by atoms with E-state index in [-0.39, 0.29) is 0 Å². The molecule has 0 unspecified atom stereocenters. The number of rotatable bonds is 4. The van der Waals surface area contributed by atoms with Crippen LogP contribution in [0.2, 0.25) is 0 Å². The van der Waals surface area contributed by atoms with Gasteiger partial charge in [-0.1, -0.05) is 29.0 Å². The Hall–Kier alpha value is -3.13. The van der Waals surface area contributed by atoms with Gasteiger partial charge in [-0.05, 0) is 36.8 Å². The van der Waals surface area contributed by atoms with Gasteiger partial charge >= 0.3 is 0 Å². The molecular formula is C18H16N4O. The number of nitriles is 1. The first kappa shape index (κ1) is 14.8. The van der Waals surface area contributed by atoms with Crippen molar-refractivity contribution in [2.45, 2.75) is 13.5 Å². The number of hydrogen-bond acceptors (Lipinski definition) is 4. The summed E-state index contributed by atoms with van der Waals surface area (Å²) in [5.74, 6) is 0.782. The van der Waals surface area contributed by atoms with Crippen molar-refractivity contribution in [1.29, 1.82) is 5.26 Å². The fourth-order valence-electron chi connectivity index (χ4n) is 2.52. The van der Waals surface area contributed by atoms with Crippen LogP contribution in [0.15, 0.2) is 48.7 Å². The topological polar surface area (TPSA) is 63.7 Å². The molecule has 0 atom stereocenters. The monoisotopic (exact) mass is 304 g/mol. The highest BCUT2D eigenvalue weighted by Gasteiger charge is 2.13. The van der Waals surface area contributed by atoms with E-state index < -0.39 is 0 Å². The maximum absolute atomic E-state index is 9.02. The summed E-state index contributed by atoms with van der Waals surface area (Å²) in [6.07, 6.45) is 1.73. The van der Waals surface area contributed by atoms with Gasteiger partial charge in [-0.15, -0.1) is 5.10 Å². The molecule has 0 saturated heterocycles. The van der Waals surface area contributed by atoms with Gasteiger partial charge in [0.2, 0.25) is 0 Å². The maximum Gasteiger partial charge on any atom is 0.128 e. The van der Waals surface area contributed by atoms with Gasteiger partial charge in [-0.3, -0.25) is 0 Å². The molecule has 0 aliphatic carbocycles. The second kappa shape index (κ2) is 6.32. The molecule has 5 heteroatoms. The number of aryl methyl sites for hydroxylation is 1. The van der Waals surface area contributed by atoms with Crippen LogP contribution >= 0.6 is 0 Å². The molecule has 0 N–H and O–H groups in total. The summed E-state index contributed by atoms with van der Waals surface area (Å²) < 4.78 is 7.27. The zero-order valence-electron chi connectivity index (χ0n) is 13.0. The van der Waals surface area contributed by atoms with Crippen LogP contribution in [0.3, 0.4) is 0 Å². The molecule has 0 spiro atoms. The molecule has 0 amide bonds. The quantitative estimate of drug-likeness (QED) is 0.742. The zero-order chi connectivity index (χ0) is 16.2. The van der Waals surface area contributed by atoms with Gasteiger partial charge < -0.3 is 4.74 Å². The molecule has 3 rings (SSSR count). The van der Waals surface area contributed by atoms with Crippen LogP contribution < -0.4 is 4.74 Å². The molecule has 5 nitrogen and oxygen atoms in total. The Kier molecular flexibility index (Phi) is 4.07. The van der Waals surface area contributed by atoms with E-state index in [9.17, 15) is 0 Å². The van der Waals surface area contributed by atoms with Crippen molar-refractivity contribution in [1.82, 2.24) is 15.0 Å². The van der Waals surface area contributed by atoms with Crippen molar-refractivity contribution in [3.8, 4) is 23.1 Å². The minimum Gasteiger partial charge on any atom is -0.496 e. The Bertz CT molecular complexity index is 877. The van der Waals surface area contributed by atoms with Gasteiger partial charge in [0, 0.05) is 5.56 Å². The molecular weight excluding hydrogens is 288 g/mol. The van der Waals surface area contributed by atoms with Crippen LogP contribution in [0.4, 0.5) is 0 Å². The standard InChI is InChI=1S/C18H16N4O/c1-13-6-7-18(23-2)16(8-13)17-11-20-21-22(17)12-15-5-3-4-14(9-15)10-19/h3-9,11H,12H2,1-2H3. The van der Waals surface area contributed by atoms with E-state index >= 15 is 0 Å². The van der Waals surface area contributed by atoms with Crippen LogP contribution in [0.1, 0.15) is 16.7 Å². The Balaban J connectivity index is 2.00. The van der Waals surface area contributed by atoms with E-state index in [1.165, 1.54) is 0 Å². The SMILES string of the molecule is COc1ccc(C)cc1-c1cnnn1Cc1cccc(C#N)c1. The second-order valence-electron chi connectivity index (χ2n) is 5.29. The van der Waals surface area contributed by atoms with E-state index in [1.54, 1.807) is 19.4 Å². The Morgan fingerprint density at radius 2 is 2.09 bits per heavy atom. The summed E-state index contributed by atoms with van der Waals surface area (Å²) in [4.78, 5) is 0. The summed E-state index contributed by atoms with van der Waals surface area (Å²) in [7, 11) is 1.65. The fraction of sp³-hybridized carbons (Fsp3) is 0.167. The molecule has 1 heterocycles. The molecule has 0 bridgehead atoms. The summed E-state index contributed by atoms with van der Waals surface area (Å²) in [5.41, 5.74) is 4.61. The van der Waals surface area contributed by atoms with Crippen molar-refractivity contribution in [2.24, 2.45) is 0 Å². The van der Waals surface area contributed by atoms with Crippen LogP contribution in [-0.4, -0.2) is 22.1 Å². The summed E-state index contributed by atoms with van der Waals surface area (Å²) in [6.45, 7) is 2.58. The number of benzene rings is 2. The van der Waals surface area contributed by atoms with Gasteiger partial charge in [0.25, 0.3) is 0 Å². The first-order chi connectivity index (χ1) is 11.2. The number of aromatic nitrogens is 3. The average Bonchev–Trinajstić information content (AvgIpc) is 3.03. The Labute approximate surface area is 134 Å². The van der Waals surface area contributed by atoms with E-state index in [4.69, 9.17) is 10.00 Å². The fourth-order valence-corrected chi connectivity index (χ4v) is 2.52. The van der Waals surface area contributed by atoms with Crippen molar-refractivity contribution in [2.75, 3.05) is 7.11 Å². The molecule has 2 aromatic carbocycles. The average molecular weight is 304 g/mol. The van der Waals surface area contributed by atoms with Gasteiger partial charge in [-0.2, -0.15) is 5.26 Å². The van der Waals surface area contributed by atoms with Gasteiger partial charge in [-0.25, -0.2) is 4.68 Å². The summed E-state index contributed by atoms with van der Waals surface area (Å²) in [5, 5.41) is 17.2. The highest BCUT2D eigenvalue weighted by atomic mass is 16.5. The molecule has 0 saturated carbocycles. The van der Waals surface area contributed by atoms with Gasteiger partial charge in [0.15, 0.2) is 0 Å². The molecule has 3 aromatic rings. The van der Waals surface area contributed by atoms with Crippen LogP contribution in [-0.2, 0) is 6.54 Å². The number of methoxy groups -OCH3 is 1. The predicted octanol–water partition coefficient (Wildman–Crippen LogP) is 3.18. The second-order valence-corrected chi connectivity index (χ2v) is 5.29. The maximum atomic E-state index is 9.02. The van der Waals surface area contributed by atoms with E-state index in [0.29, 0.717) is 12.1 Å².